The Labute approximate surface area is 77.8 Å². The van der Waals surface area contributed by atoms with Gasteiger partial charge in [0.05, 0.1) is 5.70 Å². The largest absolute Gasteiger partial charge is 0.394 e. The molecule has 0 aromatic carbocycles. The van der Waals surface area contributed by atoms with Gasteiger partial charge < -0.3 is 10.7 Å². The number of hydrazine groups is 1. The molecule has 0 aromatic heterocycles. The van der Waals surface area contributed by atoms with Crippen LogP contribution in [0.15, 0.2) is 23.5 Å². The molecule has 0 radical (unpaired) electrons. The lowest BCUT2D eigenvalue weighted by atomic mass is 9.96. The van der Waals surface area contributed by atoms with Crippen molar-refractivity contribution < 1.29 is 4.79 Å². The number of carbonyl (C=O) groups is 1. The summed E-state index contributed by atoms with van der Waals surface area (Å²) in [5.74, 6) is 5.64. The maximum Gasteiger partial charge on any atom is 0.180 e. The van der Waals surface area contributed by atoms with E-state index in [-0.39, 0.29) is 11.5 Å². The molecular weight excluding hydrogens is 166 g/mol. The number of rotatable bonds is 2. The predicted molar refractivity (Wildman–Crippen MR) is 51.2 cm³/mol. The van der Waals surface area contributed by atoms with E-state index in [0.717, 1.165) is 5.57 Å². The molecule has 0 atom stereocenters. The van der Waals surface area contributed by atoms with Gasteiger partial charge in [-0.15, -0.1) is 0 Å². The fourth-order valence-electron chi connectivity index (χ4n) is 1.36. The lowest BCUT2D eigenvalue weighted by Gasteiger charge is -2.26. The quantitative estimate of drug-likeness (QED) is 0.474. The van der Waals surface area contributed by atoms with Gasteiger partial charge in [-0.05, 0) is 18.9 Å². The van der Waals surface area contributed by atoms with Crippen molar-refractivity contribution in [3.05, 3.63) is 23.5 Å². The fraction of sp³-hybridized carbons (Fsp3) is 0.444. The molecule has 0 bridgehead atoms. The smallest absolute Gasteiger partial charge is 0.180 e. The Kier molecular flexibility index (Phi) is 2.72. The van der Waals surface area contributed by atoms with Crippen molar-refractivity contribution in [1.82, 2.24) is 5.01 Å². The van der Waals surface area contributed by atoms with E-state index in [1.54, 1.807) is 0 Å². The SMILES string of the molecule is C=C1CCC(=O)C(N)=C1N(N)CC. The predicted octanol–water partition coefficient (Wildman–Crippen LogP) is 0.271. The first-order chi connectivity index (χ1) is 6.07. The molecule has 0 saturated carbocycles. The number of hydrogen-bond donors (Lipinski definition) is 2. The summed E-state index contributed by atoms with van der Waals surface area (Å²) in [6.07, 6.45) is 1.11. The number of ketones is 1. The molecule has 4 nitrogen and oxygen atoms in total. The van der Waals surface area contributed by atoms with Gasteiger partial charge in [-0.1, -0.05) is 6.58 Å². The van der Waals surface area contributed by atoms with Crippen LogP contribution in [0, 0.1) is 0 Å². The van der Waals surface area contributed by atoms with E-state index < -0.39 is 0 Å². The third kappa shape index (κ3) is 1.72. The highest BCUT2D eigenvalue weighted by molar-refractivity contribution is 5.97. The van der Waals surface area contributed by atoms with Crippen LogP contribution in [-0.2, 0) is 4.79 Å². The molecule has 4 N–H and O–H groups in total. The second kappa shape index (κ2) is 3.62. The standard InChI is InChI=1S/C9H15N3O/c1-3-12(11)9-6(2)4-5-7(13)8(9)10/h2-5,10-11H2,1H3. The van der Waals surface area contributed by atoms with Crippen molar-refractivity contribution in [1.29, 1.82) is 0 Å². The third-order valence-electron chi connectivity index (χ3n) is 2.17. The Balaban J connectivity index is 3.05. The van der Waals surface area contributed by atoms with Gasteiger partial charge in [-0.25, -0.2) is 5.84 Å². The molecule has 1 aliphatic carbocycles. The number of carbonyl (C=O) groups excluding carboxylic acids is 1. The van der Waals surface area contributed by atoms with Crippen LogP contribution in [0.1, 0.15) is 19.8 Å². The molecule has 0 saturated heterocycles. The molecule has 4 heteroatoms. The van der Waals surface area contributed by atoms with Crippen LogP contribution in [0.4, 0.5) is 0 Å². The van der Waals surface area contributed by atoms with Crippen LogP contribution < -0.4 is 11.6 Å². The molecular formula is C9H15N3O. The second-order valence-electron chi connectivity index (χ2n) is 3.08. The Bertz CT molecular complexity index is 281. The molecule has 0 amide bonds. The molecule has 1 rings (SSSR count). The van der Waals surface area contributed by atoms with Gasteiger partial charge in [-0.2, -0.15) is 0 Å². The van der Waals surface area contributed by atoms with Gasteiger partial charge in [0.1, 0.15) is 5.70 Å². The first-order valence-electron chi connectivity index (χ1n) is 4.31. The number of Topliss-reactive ketones (excluding diaryl/α,β-unsaturated/α-hetero) is 1. The minimum Gasteiger partial charge on any atom is -0.394 e. The molecule has 1 aliphatic rings. The average molecular weight is 181 g/mol. The second-order valence-corrected chi connectivity index (χ2v) is 3.08. The van der Waals surface area contributed by atoms with E-state index in [1.807, 2.05) is 6.92 Å². The Morgan fingerprint density at radius 2 is 2.15 bits per heavy atom. The van der Waals surface area contributed by atoms with Crippen LogP contribution in [0.2, 0.25) is 0 Å². The van der Waals surface area contributed by atoms with Gasteiger partial charge in [0.15, 0.2) is 5.78 Å². The fourth-order valence-corrected chi connectivity index (χ4v) is 1.36. The first-order valence-corrected chi connectivity index (χ1v) is 4.31. The van der Waals surface area contributed by atoms with Crippen molar-refractivity contribution in [2.24, 2.45) is 11.6 Å². The van der Waals surface area contributed by atoms with Gasteiger partial charge in [-0.3, -0.25) is 4.79 Å². The summed E-state index contributed by atoms with van der Waals surface area (Å²) in [7, 11) is 0. The monoisotopic (exact) mass is 181 g/mol. The molecule has 0 aliphatic heterocycles. The molecule has 0 unspecified atom stereocenters. The van der Waals surface area contributed by atoms with E-state index in [4.69, 9.17) is 11.6 Å². The average Bonchev–Trinajstić information content (AvgIpc) is 2.12. The number of nitrogens with zero attached hydrogens (tertiary/aromatic N) is 1. The van der Waals surface area contributed by atoms with Crippen molar-refractivity contribution in [3.8, 4) is 0 Å². The number of nitrogens with two attached hydrogens (primary N) is 2. The van der Waals surface area contributed by atoms with Gasteiger partial charge >= 0.3 is 0 Å². The van der Waals surface area contributed by atoms with Crippen LogP contribution in [0.3, 0.4) is 0 Å². The number of hydrogen-bond acceptors (Lipinski definition) is 4. The summed E-state index contributed by atoms with van der Waals surface area (Å²) < 4.78 is 0. The first kappa shape index (κ1) is 9.80. The van der Waals surface area contributed by atoms with E-state index in [2.05, 4.69) is 6.58 Å². The Morgan fingerprint density at radius 3 is 2.69 bits per heavy atom. The topological polar surface area (TPSA) is 72.4 Å². The summed E-state index contributed by atoms with van der Waals surface area (Å²) in [6, 6.07) is 0. The minimum atomic E-state index is -0.0358. The zero-order chi connectivity index (χ0) is 10.0. The molecule has 0 aromatic rings. The van der Waals surface area contributed by atoms with E-state index in [9.17, 15) is 4.79 Å². The van der Waals surface area contributed by atoms with Gasteiger partial charge in [0.2, 0.25) is 0 Å². The Morgan fingerprint density at radius 1 is 1.54 bits per heavy atom. The number of allylic oxidation sites excluding steroid dienone is 2. The van der Waals surface area contributed by atoms with Crippen molar-refractivity contribution in [2.45, 2.75) is 19.8 Å². The highest BCUT2D eigenvalue weighted by Crippen LogP contribution is 2.24. The van der Waals surface area contributed by atoms with Crippen LogP contribution in [-0.4, -0.2) is 17.3 Å². The van der Waals surface area contributed by atoms with Crippen LogP contribution in [0.5, 0.6) is 0 Å². The zero-order valence-electron chi connectivity index (χ0n) is 7.84. The Hall–Kier alpha value is -1.29. The minimum absolute atomic E-state index is 0.0358. The summed E-state index contributed by atoms with van der Waals surface area (Å²) >= 11 is 0. The molecule has 0 heterocycles. The molecule has 0 fully saturated rings. The van der Waals surface area contributed by atoms with Crippen molar-refractivity contribution >= 4 is 5.78 Å². The van der Waals surface area contributed by atoms with Gasteiger partial charge in [0, 0.05) is 13.0 Å². The van der Waals surface area contributed by atoms with Crippen molar-refractivity contribution in [2.75, 3.05) is 6.54 Å². The lowest BCUT2D eigenvalue weighted by Crippen LogP contribution is -2.36. The van der Waals surface area contributed by atoms with E-state index >= 15 is 0 Å². The normalized spacial score (nSPS) is 18.0. The third-order valence-corrected chi connectivity index (χ3v) is 2.17. The maximum atomic E-state index is 11.3. The zero-order valence-corrected chi connectivity index (χ0v) is 7.84. The molecule has 13 heavy (non-hydrogen) atoms. The summed E-state index contributed by atoms with van der Waals surface area (Å²) in [6.45, 7) is 6.35. The van der Waals surface area contributed by atoms with Crippen LogP contribution in [0.25, 0.3) is 0 Å². The van der Waals surface area contributed by atoms with Gasteiger partial charge in [0.25, 0.3) is 0 Å². The summed E-state index contributed by atoms with van der Waals surface area (Å²) in [5, 5.41) is 1.47. The molecule has 72 valence electrons. The summed E-state index contributed by atoms with van der Waals surface area (Å²) in [4.78, 5) is 11.3. The lowest BCUT2D eigenvalue weighted by molar-refractivity contribution is -0.116. The van der Waals surface area contributed by atoms with E-state index in [1.165, 1.54) is 5.01 Å². The van der Waals surface area contributed by atoms with Crippen molar-refractivity contribution in [3.63, 3.8) is 0 Å². The highest BCUT2D eigenvalue weighted by atomic mass is 16.1. The maximum absolute atomic E-state index is 11.3. The highest BCUT2D eigenvalue weighted by Gasteiger charge is 2.22. The summed E-state index contributed by atoms with van der Waals surface area (Å²) in [5.41, 5.74) is 7.35. The molecule has 0 spiro atoms. The number of likely N-dealkylation sites (N-methyl/N-ethyl adjacent to an activating group) is 1. The van der Waals surface area contributed by atoms with Crippen LogP contribution >= 0.6 is 0 Å². The van der Waals surface area contributed by atoms with E-state index in [0.29, 0.717) is 25.1 Å².